The summed E-state index contributed by atoms with van der Waals surface area (Å²) in [5, 5.41) is 37.0. The van der Waals surface area contributed by atoms with Crippen LogP contribution in [0.3, 0.4) is 0 Å². The van der Waals surface area contributed by atoms with Gasteiger partial charge in [0.05, 0.1) is 46.0 Å². The summed E-state index contributed by atoms with van der Waals surface area (Å²) >= 11 is 0. The van der Waals surface area contributed by atoms with E-state index in [-0.39, 0.29) is 33.5 Å². The summed E-state index contributed by atoms with van der Waals surface area (Å²) in [5.41, 5.74) is 1.40. The lowest BCUT2D eigenvalue weighted by Gasteiger charge is -2.08. The largest absolute Gasteiger partial charge is 0.478 e. The molecule has 0 aliphatic heterocycles. The fraction of sp³-hybridized carbons (Fsp3) is 0. The van der Waals surface area contributed by atoms with Gasteiger partial charge in [-0.2, -0.15) is 0 Å². The molecule has 0 bridgehead atoms. The van der Waals surface area contributed by atoms with Crippen LogP contribution >= 0.6 is 0 Å². The van der Waals surface area contributed by atoms with Crippen LogP contribution < -0.4 is 0 Å². The highest BCUT2D eigenvalue weighted by atomic mass is 16.4. The number of pyridine rings is 1. The molecule has 0 spiro atoms. The Hall–Kier alpha value is -5.45. The average molecular weight is 485 g/mol. The lowest BCUT2D eigenvalue weighted by molar-refractivity contribution is 0.0676. The third-order valence-corrected chi connectivity index (χ3v) is 5.16. The zero-order chi connectivity index (χ0) is 26.0. The van der Waals surface area contributed by atoms with Gasteiger partial charge < -0.3 is 20.4 Å². The summed E-state index contributed by atoms with van der Waals surface area (Å²) < 4.78 is 0. The van der Waals surface area contributed by atoms with Crippen molar-refractivity contribution in [3.63, 3.8) is 0 Å². The molecule has 11 heteroatoms. The Balaban J connectivity index is 1.64. The first-order valence-corrected chi connectivity index (χ1v) is 10.1. The number of aromatic nitrogens is 3. The number of carboxylic acids is 4. The molecule has 36 heavy (non-hydrogen) atoms. The topological polar surface area (TPSA) is 188 Å². The summed E-state index contributed by atoms with van der Waals surface area (Å²) in [6.45, 7) is 0. The van der Waals surface area contributed by atoms with E-state index in [2.05, 4.69) is 15.0 Å². The van der Waals surface area contributed by atoms with Crippen molar-refractivity contribution in [3.05, 3.63) is 89.4 Å². The maximum Gasteiger partial charge on any atom is 0.335 e. The molecule has 4 rings (SSSR count). The summed E-state index contributed by atoms with van der Waals surface area (Å²) in [5.74, 6) is -5.08. The molecule has 178 valence electrons. The lowest BCUT2D eigenvalue weighted by Crippen LogP contribution is -2.03. The van der Waals surface area contributed by atoms with E-state index in [0.717, 1.165) is 12.1 Å². The number of carboxylic acid groups (broad SMARTS) is 4. The van der Waals surface area contributed by atoms with Gasteiger partial charge in [0.15, 0.2) is 0 Å². The van der Waals surface area contributed by atoms with E-state index in [0.29, 0.717) is 22.5 Å². The van der Waals surface area contributed by atoms with Crippen LogP contribution in [0.5, 0.6) is 0 Å². The van der Waals surface area contributed by atoms with Crippen molar-refractivity contribution >= 4 is 23.9 Å². The summed E-state index contributed by atoms with van der Waals surface area (Å²) in [4.78, 5) is 58.2. The minimum Gasteiger partial charge on any atom is -0.478 e. The highest BCUT2D eigenvalue weighted by molar-refractivity contribution is 5.97. The Morgan fingerprint density at radius 2 is 0.861 bits per heavy atom. The number of nitrogens with zero attached hydrogens (tertiary/aromatic N) is 3. The molecule has 0 fully saturated rings. The minimum absolute atomic E-state index is 0.173. The Morgan fingerprint density at radius 3 is 1.25 bits per heavy atom. The van der Waals surface area contributed by atoms with Crippen molar-refractivity contribution in [3.8, 4) is 33.8 Å². The van der Waals surface area contributed by atoms with Crippen molar-refractivity contribution in [2.75, 3.05) is 0 Å². The minimum atomic E-state index is -1.28. The highest BCUT2D eigenvalue weighted by Crippen LogP contribution is 2.26. The number of carbonyl (C=O) groups is 4. The Bertz CT molecular complexity index is 1350. The van der Waals surface area contributed by atoms with Crippen molar-refractivity contribution in [2.24, 2.45) is 0 Å². The molecule has 0 saturated carbocycles. The van der Waals surface area contributed by atoms with E-state index in [4.69, 9.17) is 0 Å². The van der Waals surface area contributed by atoms with E-state index < -0.39 is 23.9 Å². The van der Waals surface area contributed by atoms with Gasteiger partial charge in [0.1, 0.15) is 5.69 Å². The predicted molar refractivity (Wildman–Crippen MR) is 124 cm³/mol. The smallest absolute Gasteiger partial charge is 0.335 e. The molecule has 0 unspecified atom stereocenters. The van der Waals surface area contributed by atoms with Crippen molar-refractivity contribution in [1.82, 2.24) is 15.0 Å². The number of hydrogen-bond donors (Lipinski definition) is 4. The zero-order valence-corrected chi connectivity index (χ0v) is 18.1. The monoisotopic (exact) mass is 485 g/mol. The van der Waals surface area contributed by atoms with Crippen LogP contribution in [0.1, 0.15) is 41.4 Å². The Kier molecular flexibility index (Phi) is 6.21. The fourth-order valence-corrected chi connectivity index (χ4v) is 3.39. The molecule has 0 aliphatic carbocycles. The van der Waals surface area contributed by atoms with Gasteiger partial charge in [0, 0.05) is 17.3 Å². The number of hydrogen-bond acceptors (Lipinski definition) is 7. The lowest BCUT2D eigenvalue weighted by atomic mass is 10.0. The van der Waals surface area contributed by atoms with Gasteiger partial charge in [-0.15, -0.1) is 0 Å². The number of benzene rings is 2. The molecule has 0 amide bonds. The van der Waals surface area contributed by atoms with E-state index in [1.165, 1.54) is 42.9 Å². The van der Waals surface area contributed by atoms with Crippen LogP contribution in [-0.2, 0) is 0 Å². The highest BCUT2D eigenvalue weighted by Gasteiger charge is 2.15. The van der Waals surface area contributed by atoms with Gasteiger partial charge in [-0.3, -0.25) is 15.0 Å². The van der Waals surface area contributed by atoms with Gasteiger partial charge in [-0.1, -0.05) is 6.07 Å². The predicted octanol–water partition coefficient (Wildman–Crippen LogP) is 3.67. The molecule has 4 aromatic rings. The Labute approximate surface area is 202 Å². The van der Waals surface area contributed by atoms with Gasteiger partial charge >= 0.3 is 23.9 Å². The van der Waals surface area contributed by atoms with Crippen molar-refractivity contribution in [1.29, 1.82) is 0 Å². The Morgan fingerprint density at radius 1 is 0.444 bits per heavy atom. The third kappa shape index (κ3) is 4.89. The molecule has 2 aromatic carbocycles. The van der Waals surface area contributed by atoms with Gasteiger partial charge in [0.25, 0.3) is 0 Å². The number of aromatic carboxylic acids is 4. The van der Waals surface area contributed by atoms with Crippen LogP contribution in [0.25, 0.3) is 33.8 Å². The normalized spacial score (nSPS) is 10.6. The molecule has 2 heterocycles. The quantitative estimate of drug-likeness (QED) is 0.299. The average Bonchev–Trinajstić information content (AvgIpc) is 2.88. The first-order valence-electron chi connectivity index (χ1n) is 10.1. The molecule has 0 aliphatic rings. The molecular weight excluding hydrogens is 470 g/mol. The molecule has 0 saturated heterocycles. The molecule has 4 N–H and O–H groups in total. The maximum absolute atomic E-state index is 11.4. The summed E-state index contributed by atoms with van der Waals surface area (Å²) in [6, 6.07) is 10.6. The molecular formula is C25H15N3O8. The molecule has 11 nitrogen and oxygen atoms in total. The zero-order valence-electron chi connectivity index (χ0n) is 18.1. The molecule has 0 atom stereocenters. The first kappa shape index (κ1) is 23.7. The van der Waals surface area contributed by atoms with E-state index in [1.807, 2.05) is 0 Å². The second-order valence-corrected chi connectivity index (χ2v) is 7.54. The second-order valence-electron chi connectivity index (χ2n) is 7.54. The van der Waals surface area contributed by atoms with Crippen molar-refractivity contribution < 1.29 is 39.6 Å². The molecule has 2 aromatic heterocycles. The third-order valence-electron chi connectivity index (χ3n) is 5.16. The second kappa shape index (κ2) is 9.43. The summed E-state index contributed by atoms with van der Waals surface area (Å²) in [6.07, 6.45) is 4.18. The van der Waals surface area contributed by atoms with Crippen LogP contribution in [-0.4, -0.2) is 59.3 Å². The van der Waals surface area contributed by atoms with E-state index in [9.17, 15) is 39.6 Å². The fourth-order valence-electron chi connectivity index (χ4n) is 3.39. The maximum atomic E-state index is 11.4. The SMILES string of the molecule is O=C(O)c1cc(C(=O)O)cc(-c2ccc(-c3cnc(-c4cc(C(=O)O)cc(C(=O)O)c4)cn3)nc2)c1. The number of rotatable bonds is 7. The van der Waals surface area contributed by atoms with Crippen LogP contribution in [0, 0.1) is 0 Å². The van der Waals surface area contributed by atoms with E-state index in [1.54, 1.807) is 12.1 Å². The van der Waals surface area contributed by atoms with Crippen molar-refractivity contribution in [2.45, 2.75) is 0 Å². The van der Waals surface area contributed by atoms with Crippen LogP contribution in [0.15, 0.2) is 67.1 Å². The first-order chi connectivity index (χ1) is 17.1. The van der Waals surface area contributed by atoms with Gasteiger partial charge in [0.2, 0.25) is 0 Å². The van der Waals surface area contributed by atoms with Gasteiger partial charge in [-0.05, 0) is 48.0 Å². The van der Waals surface area contributed by atoms with Crippen LogP contribution in [0.2, 0.25) is 0 Å². The van der Waals surface area contributed by atoms with E-state index >= 15 is 0 Å². The summed E-state index contributed by atoms with van der Waals surface area (Å²) in [7, 11) is 0. The van der Waals surface area contributed by atoms with Gasteiger partial charge in [-0.25, -0.2) is 19.2 Å². The standard InChI is InChI=1S/C25H15N3O8/c29-22(30)15-3-13(4-16(7-15)23(31)32)12-1-2-19(26-9-12)21-11-27-20(10-28-21)14-5-17(24(33)34)8-18(6-14)25(35)36/h1-11H,(H,29,30)(H,31,32)(H,33,34)(H,35,36). The molecule has 0 radical (unpaired) electrons. The van der Waals surface area contributed by atoms with Crippen LogP contribution in [0.4, 0.5) is 0 Å².